The first-order valence-corrected chi connectivity index (χ1v) is 10.7. The third-order valence-electron chi connectivity index (χ3n) is 6.00. The second kappa shape index (κ2) is 9.12. The summed E-state index contributed by atoms with van der Waals surface area (Å²) in [5, 5.41) is 8.62. The first-order valence-electron chi connectivity index (χ1n) is 10.7. The molecule has 0 radical (unpaired) electrons. The van der Waals surface area contributed by atoms with Crippen molar-refractivity contribution >= 4 is 22.6 Å². The fourth-order valence-electron chi connectivity index (χ4n) is 4.35. The molecule has 0 bridgehead atoms. The fraction of sp³-hybridized carbons (Fsp3) is 0.308. The van der Waals surface area contributed by atoms with Crippen LogP contribution in [0.25, 0.3) is 10.8 Å². The van der Waals surface area contributed by atoms with Gasteiger partial charge in [-0.05, 0) is 47.6 Å². The van der Waals surface area contributed by atoms with Crippen LogP contribution in [0.3, 0.4) is 0 Å². The van der Waals surface area contributed by atoms with Gasteiger partial charge in [-0.1, -0.05) is 72.8 Å². The van der Waals surface area contributed by atoms with Gasteiger partial charge in [0.05, 0.1) is 0 Å². The molecule has 2 amide bonds. The standard InChI is InChI=1S/C26H28N2O2/c29-24(27-17-14-20-6-2-1-3-7-20)12-15-26(16-13-25(30)28-26)19-21-10-11-22-8-4-5-9-23(22)18-21/h1-11,18H,12-17,19H2,(H,27,29)(H,28,30). The van der Waals surface area contributed by atoms with Gasteiger partial charge >= 0.3 is 0 Å². The van der Waals surface area contributed by atoms with E-state index in [9.17, 15) is 9.59 Å². The Morgan fingerprint density at radius 2 is 1.70 bits per heavy atom. The SMILES string of the molecule is O=C(CCC1(Cc2ccc3ccccc3c2)CCC(=O)N1)NCCc1ccccc1. The average Bonchev–Trinajstić information content (AvgIpc) is 3.13. The Labute approximate surface area is 177 Å². The lowest BCUT2D eigenvalue weighted by Gasteiger charge is -2.29. The molecule has 30 heavy (non-hydrogen) atoms. The molecule has 1 aliphatic heterocycles. The van der Waals surface area contributed by atoms with Crippen LogP contribution < -0.4 is 10.6 Å². The smallest absolute Gasteiger partial charge is 0.220 e. The molecule has 3 aromatic carbocycles. The molecule has 0 spiro atoms. The molecule has 1 saturated heterocycles. The Hall–Kier alpha value is -3.14. The van der Waals surface area contributed by atoms with Gasteiger partial charge in [0.2, 0.25) is 11.8 Å². The lowest BCUT2D eigenvalue weighted by atomic mass is 9.84. The van der Waals surface area contributed by atoms with Crippen LogP contribution in [0.15, 0.2) is 72.8 Å². The highest BCUT2D eigenvalue weighted by Gasteiger charge is 2.37. The van der Waals surface area contributed by atoms with Crippen molar-refractivity contribution in [3.63, 3.8) is 0 Å². The van der Waals surface area contributed by atoms with Gasteiger partial charge in [0.25, 0.3) is 0 Å². The van der Waals surface area contributed by atoms with E-state index >= 15 is 0 Å². The van der Waals surface area contributed by atoms with Crippen molar-refractivity contribution in [2.24, 2.45) is 0 Å². The number of hydrogen-bond donors (Lipinski definition) is 2. The highest BCUT2D eigenvalue weighted by molar-refractivity contribution is 5.83. The van der Waals surface area contributed by atoms with E-state index in [-0.39, 0.29) is 17.4 Å². The number of carbonyl (C=O) groups is 2. The van der Waals surface area contributed by atoms with E-state index in [1.807, 2.05) is 30.3 Å². The van der Waals surface area contributed by atoms with Crippen LogP contribution in [0.5, 0.6) is 0 Å². The van der Waals surface area contributed by atoms with Crippen molar-refractivity contribution in [3.05, 3.63) is 83.9 Å². The van der Waals surface area contributed by atoms with Crippen LogP contribution in [0.1, 0.15) is 36.8 Å². The topological polar surface area (TPSA) is 58.2 Å². The van der Waals surface area contributed by atoms with Gasteiger partial charge in [-0.3, -0.25) is 9.59 Å². The molecular formula is C26H28N2O2. The van der Waals surface area contributed by atoms with Crippen molar-refractivity contribution in [1.82, 2.24) is 10.6 Å². The number of benzene rings is 3. The van der Waals surface area contributed by atoms with E-state index in [1.165, 1.54) is 21.9 Å². The highest BCUT2D eigenvalue weighted by atomic mass is 16.2. The van der Waals surface area contributed by atoms with E-state index < -0.39 is 0 Å². The molecule has 1 fully saturated rings. The molecule has 0 aromatic heterocycles. The minimum atomic E-state index is -0.337. The second-order valence-electron chi connectivity index (χ2n) is 8.27. The van der Waals surface area contributed by atoms with Gasteiger partial charge in [-0.2, -0.15) is 0 Å². The maximum absolute atomic E-state index is 12.4. The molecule has 1 unspecified atom stereocenters. The molecule has 4 heteroatoms. The van der Waals surface area contributed by atoms with Crippen LogP contribution in [0.4, 0.5) is 0 Å². The zero-order chi connectivity index (χ0) is 20.8. The molecule has 4 nitrogen and oxygen atoms in total. The van der Waals surface area contributed by atoms with Crippen molar-refractivity contribution < 1.29 is 9.59 Å². The molecule has 4 rings (SSSR count). The van der Waals surface area contributed by atoms with E-state index in [2.05, 4.69) is 53.1 Å². The van der Waals surface area contributed by atoms with E-state index in [0.29, 0.717) is 25.8 Å². The number of nitrogens with one attached hydrogen (secondary N) is 2. The molecule has 154 valence electrons. The van der Waals surface area contributed by atoms with Gasteiger partial charge in [0.1, 0.15) is 0 Å². The first-order chi connectivity index (χ1) is 14.6. The summed E-state index contributed by atoms with van der Waals surface area (Å²) in [6.07, 6.45) is 3.96. The molecule has 0 aliphatic carbocycles. The molecule has 3 aromatic rings. The molecule has 0 saturated carbocycles. The highest BCUT2D eigenvalue weighted by Crippen LogP contribution is 2.30. The van der Waals surface area contributed by atoms with Crippen molar-refractivity contribution in [1.29, 1.82) is 0 Å². The van der Waals surface area contributed by atoms with Crippen LogP contribution in [-0.2, 0) is 22.4 Å². The van der Waals surface area contributed by atoms with Crippen LogP contribution >= 0.6 is 0 Å². The van der Waals surface area contributed by atoms with E-state index in [0.717, 1.165) is 19.3 Å². The third kappa shape index (κ3) is 5.07. The predicted molar refractivity (Wildman–Crippen MR) is 120 cm³/mol. The lowest BCUT2D eigenvalue weighted by Crippen LogP contribution is -2.44. The van der Waals surface area contributed by atoms with Gasteiger partial charge in [0.15, 0.2) is 0 Å². The summed E-state index contributed by atoms with van der Waals surface area (Å²) >= 11 is 0. The lowest BCUT2D eigenvalue weighted by molar-refractivity contribution is -0.122. The van der Waals surface area contributed by atoms with Gasteiger partial charge in [0, 0.05) is 24.9 Å². The molecular weight excluding hydrogens is 372 g/mol. The van der Waals surface area contributed by atoms with Crippen LogP contribution in [0, 0.1) is 0 Å². The minimum absolute atomic E-state index is 0.0463. The van der Waals surface area contributed by atoms with Gasteiger partial charge in [-0.25, -0.2) is 0 Å². The molecule has 1 heterocycles. The molecule has 1 atom stereocenters. The minimum Gasteiger partial charge on any atom is -0.356 e. The Morgan fingerprint density at radius 3 is 2.47 bits per heavy atom. The monoisotopic (exact) mass is 400 g/mol. The Morgan fingerprint density at radius 1 is 0.933 bits per heavy atom. The molecule has 1 aliphatic rings. The number of hydrogen-bond acceptors (Lipinski definition) is 2. The quantitative estimate of drug-likeness (QED) is 0.596. The zero-order valence-electron chi connectivity index (χ0n) is 17.2. The molecule has 2 N–H and O–H groups in total. The predicted octanol–water partition coefficient (Wildman–Crippen LogP) is 4.17. The summed E-state index contributed by atoms with van der Waals surface area (Å²) in [6, 6.07) is 24.9. The van der Waals surface area contributed by atoms with Crippen molar-refractivity contribution in [2.45, 2.75) is 44.1 Å². The number of rotatable bonds is 8. The number of fused-ring (bicyclic) bond motifs is 1. The Kier molecular flexibility index (Phi) is 6.12. The number of carbonyl (C=O) groups excluding carboxylic acids is 2. The summed E-state index contributed by atoms with van der Waals surface area (Å²) in [7, 11) is 0. The van der Waals surface area contributed by atoms with Gasteiger partial charge < -0.3 is 10.6 Å². The van der Waals surface area contributed by atoms with E-state index in [1.54, 1.807) is 0 Å². The second-order valence-corrected chi connectivity index (χ2v) is 8.27. The summed E-state index contributed by atoms with van der Waals surface area (Å²) in [6.45, 7) is 0.632. The van der Waals surface area contributed by atoms with Gasteiger partial charge in [-0.15, -0.1) is 0 Å². The Balaban J connectivity index is 1.35. The zero-order valence-corrected chi connectivity index (χ0v) is 17.2. The normalized spacial score (nSPS) is 18.3. The van der Waals surface area contributed by atoms with E-state index in [4.69, 9.17) is 0 Å². The first kappa shape index (κ1) is 20.1. The summed E-state index contributed by atoms with van der Waals surface area (Å²) in [5.41, 5.74) is 2.07. The maximum atomic E-state index is 12.4. The van der Waals surface area contributed by atoms with Crippen molar-refractivity contribution in [2.75, 3.05) is 6.54 Å². The summed E-state index contributed by atoms with van der Waals surface area (Å²) in [5.74, 6) is 0.130. The summed E-state index contributed by atoms with van der Waals surface area (Å²) < 4.78 is 0. The summed E-state index contributed by atoms with van der Waals surface area (Å²) in [4.78, 5) is 24.4. The fourth-order valence-corrected chi connectivity index (χ4v) is 4.35. The van der Waals surface area contributed by atoms with Crippen LogP contribution in [-0.4, -0.2) is 23.9 Å². The largest absolute Gasteiger partial charge is 0.356 e. The Bertz CT molecular complexity index is 1030. The number of amides is 2. The van der Waals surface area contributed by atoms with Crippen LogP contribution in [0.2, 0.25) is 0 Å². The average molecular weight is 401 g/mol. The van der Waals surface area contributed by atoms with Crippen molar-refractivity contribution in [3.8, 4) is 0 Å². The third-order valence-corrected chi connectivity index (χ3v) is 6.00. The maximum Gasteiger partial charge on any atom is 0.220 e.